The molecule has 4 nitrogen and oxygen atoms in total. The van der Waals surface area contributed by atoms with Crippen molar-refractivity contribution in [2.24, 2.45) is 4.99 Å². The number of aliphatic imine (C=N–C) groups is 1. The van der Waals surface area contributed by atoms with Crippen LogP contribution in [0.15, 0.2) is 59.6 Å². The number of rotatable bonds is 14. The van der Waals surface area contributed by atoms with Crippen LogP contribution >= 0.6 is 0 Å². The Hall–Kier alpha value is -2.75. The smallest absolute Gasteiger partial charge is 0.303 e. The van der Waals surface area contributed by atoms with Crippen molar-refractivity contribution in [2.75, 3.05) is 6.54 Å². The minimum absolute atomic E-state index is 0.00918. The number of nitrogens with zero attached hydrogens (tertiary/aromatic N) is 2. The molecule has 0 atom stereocenters. The van der Waals surface area contributed by atoms with Gasteiger partial charge in [-0.15, -0.1) is 0 Å². The summed E-state index contributed by atoms with van der Waals surface area (Å²) >= 11 is 0. The van der Waals surface area contributed by atoms with Crippen molar-refractivity contribution in [2.45, 2.75) is 83.5 Å². The highest BCUT2D eigenvalue weighted by molar-refractivity contribution is 6.02. The molecule has 2 aromatic rings. The van der Waals surface area contributed by atoms with Gasteiger partial charge in [0.25, 0.3) is 0 Å². The molecule has 3 rings (SSSR count). The molecule has 1 N–H and O–H groups in total. The van der Waals surface area contributed by atoms with Crippen molar-refractivity contribution in [1.82, 2.24) is 0 Å². The Morgan fingerprint density at radius 2 is 1.48 bits per heavy atom. The van der Waals surface area contributed by atoms with Gasteiger partial charge in [0.2, 0.25) is 5.69 Å². The standard InChI is InChI=1S/C29H38N2O2/c1-29(2)25-18-13-14-19-26(25)31(27(29)21-22-30-24-16-10-9-11-17-24)23-15-8-6-4-3-5-7-12-20-28(32)33/h9-11,13-14,16-19,22H,3-8,12,15,20-21,23H2,1-2H3/p+1. The van der Waals surface area contributed by atoms with Crippen molar-refractivity contribution in [3.8, 4) is 0 Å². The first-order valence-corrected chi connectivity index (χ1v) is 12.5. The number of para-hydroxylation sites is 2. The zero-order valence-corrected chi connectivity index (χ0v) is 20.3. The summed E-state index contributed by atoms with van der Waals surface area (Å²) in [4.78, 5) is 15.3. The lowest BCUT2D eigenvalue weighted by Gasteiger charge is -2.16. The molecule has 1 heterocycles. The highest BCUT2D eigenvalue weighted by Crippen LogP contribution is 2.40. The molecule has 0 saturated carbocycles. The summed E-state index contributed by atoms with van der Waals surface area (Å²) in [5.74, 6) is -0.677. The molecule has 1 aliphatic heterocycles. The van der Waals surface area contributed by atoms with Crippen LogP contribution in [0.4, 0.5) is 11.4 Å². The topological polar surface area (TPSA) is 52.7 Å². The van der Waals surface area contributed by atoms with E-state index >= 15 is 0 Å². The molecule has 176 valence electrons. The summed E-state index contributed by atoms with van der Waals surface area (Å²) < 4.78 is 2.54. The first-order chi connectivity index (χ1) is 16.0. The molecule has 1 aliphatic rings. The van der Waals surface area contributed by atoms with Gasteiger partial charge in [-0.2, -0.15) is 4.58 Å². The van der Waals surface area contributed by atoms with Crippen LogP contribution in [-0.2, 0) is 10.2 Å². The Kier molecular flexibility index (Phi) is 9.41. The van der Waals surface area contributed by atoms with Gasteiger partial charge in [0.05, 0.1) is 17.5 Å². The van der Waals surface area contributed by atoms with E-state index in [0.29, 0.717) is 6.42 Å². The zero-order chi connectivity index (χ0) is 23.5. The van der Waals surface area contributed by atoms with Crippen molar-refractivity contribution in [1.29, 1.82) is 0 Å². The monoisotopic (exact) mass is 447 g/mol. The molecular weight excluding hydrogens is 408 g/mol. The fourth-order valence-electron chi connectivity index (χ4n) is 4.85. The Balaban J connectivity index is 1.54. The summed E-state index contributed by atoms with van der Waals surface area (Å²) in [6.45, 7) is 5.72. The van der Waals surface area contributed by atoms with Crippen molar-refractivity contribution in [3.63, 3.8) is 0 Å². The Bertz CT molecular complexity index is 961. The molecule has 0 saturated heterocycles. The first-order valence-electron chi connectivity index (χ1n) is 12.5. The average Bonchev–Trinajstić information content (AvgIpc) is 3.02. The minimum atomic E-state index is -0.677. The fraction of sp³-hybridized carbons (Fsp3) is 0.483. The molecule has 0 spiro atoms. The van der Waals surface area contributed by atoms with Gasteiger partial charge in [-0.3, -0.25) is 9.79 Å². The molecule has 0 fully saturated rings. The third kappa shape index (κ3) is 7.12. The first kappa shape index (κ1) is 24.9. The lowest BCUT2D eigenvalue weighted by molar-refractivity contribution is -0.440. The summed E-state index contributed by atoms with van der Waals surface area (Å²) in [5, 5.41) is 8.70. The quantitative estimate of drug-likeness (QED) is 0.186. The lowest BCUT2D eigenvalue weighted by atomic mass is 9.80. The number of carboxylic acids is 1. The third-order valence-electron chi connectivity index (χ3n) is 6.72. The molecule has 0 radical (unpaired) electrons. The van der Waals surface area contributed by atoms with Gasteiger partial charge < -0.3 is 5.11 Å². The van der Waals surface area contributed by atoms with E-state index in [-0.39, 0.29) is 5.41 Å². The van der Waals surface area contributed by atoms with Crippen LogP contribution in [0.3, 0.4) is 0 Å². The zero-order valence-electron chi connectivity index (χ0n) is 20.3. The highest BCUT2D eigenvalue weighted by atomic mass is 16.4. The molecule has 33 heavy (non-hydrogen) atoms. The second kappa shape index (κ2) is 12.5. The SMILES string of the molecule is CC1(C)C(CC=Nc2ccccc2)=[N+](CCCCCCCCCCC(=O)O)c2ccccc21. The Morgan fingerprint density at radius 3 is 2.18 bits per heavy atom. The fourth-order valence-corrected chi connectivity index (χ4v) is 4.85. The second-order valence-corrected chi connectivity index (χ2v) is 9.56. The number of fused-ring (bicyclic) bond motifs is 1. The van der Waals surface area contributed by atoms with E-state index < -0.39 is 5.97 Å². The predicted molar refractivity (Wildman–Crippen MR) is 138 cm³/mol. The number of benzene rings is 2. The molecule has 0 amide bonds. The van der Waals surface area contributed by atoms with Crippen LogP contribution in [0.2, 0.25) is 0 Å². The van der Waals surface area contributed by atoms with E-state index in [1.54, 1.807) is 0 Å². The number of carbonyl (C=O) groups is 1. The molecule has 2 aromatic carbocycles. The van der Waals surface area contributed by atoms with E-state index in [1.165, 1.54) is 49.1 Å². The van der Waals surface area contributed by atoms with E-state index in [1.807, 2.05) is 30.3 Å². The van der Waals surface area contributed by atoms with Gasteiger partial charge in [0.1, 0.15) is 6.54 Å². The third-order valence-corrected chi connectivity index (χ3v) is 6.72. The molecular formula is C29H39N2O2+. The Morgan fingerprint density at radius 1 is 0.879 bits per heavy atom. The minimum Gasteiger partial charge on any atom is -0.481 e. The molecule has 0 bridgehead atoms. The van der Waals surface area contributed by atoms with Gasteiger partial charge in [-0.25, -0.2) is 0 Å². The number of unbranched alkanes of at least 4 members (excludes halogenated alkanes) is 7. The van der Waals surface area contributed by atoms with Crippen LogP contribution in [0.5, 0.6) is 0 Å². The van der Waals surface area contributed by atoms with Crippen LogP contribution in [0.25, 0.3) is 0 Å². The maximum atomic E-state index is 10.6. The number of aliphatic carboxylic acids is 1. The van der Waals surface area contributed by atoms with E-state index in [2.05, 4.69) is 53.9 Å². The summed E-state index contributed by atoms with van der Waals surface area (Å²) in [6, 6.07) is 19.0. The molecule has 0 aliphatic carbocycles. The maximum Gasteiger partial charge on any atom is 0.303 e. The van der Waals surface area contributed by atoms with E-state index in [9.17, 15) is 4.79 Å². The van der Waals surface area contributed by atoms with Crippen LogP contribution < -0.4 is 0 Å². The number of hydrogen-bond acceptors (Lipinski definition) is 2. The molecule has 4 heteroatoms. The van der Waals surface area contributed by atoms with Gasteiger partial charge >= 0.3 is 5.97 Å². The molecule has 0 unspecified atom stereocenters. The number of hydrogen-bond donors (Lipinski definition) is 1. The summed E-state index contributed by atoms with van der Waals surface area (Å²) in [6.07, 6.45) is 12.4. The molecule has 0 aromatic heterocycles. The van der Waals surface area contributed by atoms with Gasteiger partial charge in [0.15, 0.2) is 5.71 Å². The van der Waals surface area contributed by atoms with Crippen molar-refractivity contribution >= 4 is 29.3 Å². The predicted octanol–water partition coefficient (Wildman–Crippen LogP) is 7.45. The van der Waals surface area contributed by atoms with E-state index in [4.69, 9.17) is 5.11 Å². The van der Waals surface area contributed by atoms with E-state index in [0.717, 1.165) is 37.9 Å². The van der Waals surface area contributed by atoms with Crippen molar-refractivity contribution < 1.29 is 14.5 Å². The normalized spacial score (nSPS) is 14.7. The van der Waals surface area contributed by atoms with Crippen LogP contribution in [0, 0.1) is 0 Å². The lowest BCUT2D eigenvalue weighted by Crippen LogP contribution is -2.30. The van der Waals surface area contributed by atoms with Crippen LogP contribution in [0.1, 0.15) is 83.6 Å². The Labute approximate surface area is 199 Å². The van der Waals surface area contributed by atoms with Crippen molar-refractivity contribution in [3.05, 3.63) is 60.2 Å². The highest BCUT2D eigenvalue weighted by Gasteiger charge is 2.44. The largest absolute Gasteiger partial charge is 0.481 e. The second-order valence-electron chi connectivity index (χ2n) is 9.56. The van der Waals surface area contributed by atoms with Gasteiger partial charge in [-0.05, 0) is 38.8 Å². The van der Waals surface area contributed by atoms with Gasteiger partial charge in [0, 0.05) is 30.7 Å². The van der Waals surface area contributed by atoms with Gasteiger partial charge in [-0.1, -0.05) is 68.5 Å². The summed E-state index contributed by atoms with van der Waals surface area (Å²) in [5.41, 5.74) is 5.20. The average molecular weight is 448 g/mol. The van der Waals surface area contributed by atoms with Crippen LogP contribution in [-0.4, -0.2) is 34.1 Å². The maximum absolute atomic E-state index is 10.6. The summed E-state index contributed by atoms with van der Waals surface area (Å²) in [7, 11) is 0. The number of carboxylic acid groups (broad SMARTS) is 1.